The van der Waals surface area contributed by atoms with Crippen LogP contribution in [-0.4, -0.2) is 0 Å². The average Bonchev–Trinajstić information content (AvgIpc) is 0.814. The van der Waals surface area contributed by atoms with Gasteiger partial charge in [-0.05, 0) is 319 Å². The first-order chi connectivity index (χ1) is 53.4. The molecule has 0 saturated heterocycles. The summed E-state index contributed by atoms with van der Waals surface area (Å²) in [7, 11) is 0. The summed E-state index contributed by atoms with van der Waals surface area (Å²) in [5, 5.41) is 0. The van der Waals surface area contributed by atoms with Crippen LogP contribution < -0.4 is 0 Å². The molecule has 4 aliphatic carbocycles. The summed E-state index contributed by atoms with van der Waals surface area (Å²) in [5.74, 6) is 5.33. The lowest BCUT2D eigenvalue weighted by molar-refractivity contribution is 0.354. The maximum absolute atomic E-state index is 2.55. The lowest BCUT2D eigenvalue weighted by Gasteiger charge is -2.28. The number of benzene rings is 5. The molecule has 5 aromatic rings. The smallest absolute Gasteiger partial charge is 0.0159 e. The van der Waals surface area contributed by atoms with Gasteiger partial charge in [0.1, 0.15) is 0 Å². The molecule has 0 aliphatic heterocycles. The van der Waals surface area contributed by atoms with Crippen molar-refractivity contribution < 1.29 is 0 Å². The molecule has 2 unspecified atom stereocenters. The Balaban J connectivity index is 0.000000246. The van der Waals surface area contributed by atoms with Gasteiger partial charge in [0, 0.05) is 0 Å². The van der Waals surface area contributed by atoms with Crippen LogP contribution in [0.15, 0.2) is 60.7 Å². The first-order valence-corrected chi connectivity index (χ1v) is 48.9. The van der Waals surface area contributed by atoms with E-state index in [1.807, 2.05) is 0 Å². The predicted octanol–water partition coefficient (Wildman–Crippen LogP) is 35.4. The van der Waals surface area contributed by atoms with E-state index in [1.165, 1.54) is 393 Å². The Labute approximate surface area is 687 Å². The molecule has 4 aliphatic rings. The van der Waals surface area contributed by atoms with Crippen molar-refractivity contribution in [2.75, 3.05) is 0 Å². The second kappa shape index (κ2) is 58.0. The minimum absolute atomic E-state index is 0.850. The van der Waals surface area contributed by atoms with Crippen LogP contribution in [0.3, 0.4) is 0 Å². The molecule has 0 amide bonds. The van der Waals surface area contributed by atoms with Gasteiger partial charge in [-0.2, -0.15) is 0 Å². The molecule has 0 radical (unpaired) electrons. The molecular weight excluding hydrogens is 1320 g/mol. The Morgan fingerprint density at radius 3 is 0.718 bits per heavy atom. The minimum Gasteiger partial charge on any atom is -0.0654 e. The first kappa shape index (κ1) is 96.7. The zero-order chi connectivity index (χ0) is 79.7. The molecule has 0 aromatic heterocycles. The number of unbranched alkanes of at least 4 members (excludes halogenated alkanes) is 18. The molecule has 0 heterocycles. The van der Waals surface area contributed by atoms with Gasteiger partial charge < -0.3 is 0 Å². The molecule has 0 bridgehead atoms. The largest absolute Gasteiger partial charge is 0.0654 e. The van der Waals surface area contributed by atoms with E-state index in [1.54, 1.807) is 77.9 Å². The van der Waals surface area contributed by atoms with E-state index < -0.39 is 0 Å². The second-order valence-electron chi connectivity index (χ2n) is 37.4. The van der Waals surface area contributed by atoms with Crippen molar-refractivity contribution >= 4 is 0 Å². The molecule has 9 rings (SSSR count). The third-order valence-corrected chi connectivity index (χ3v) is 27.7. The van der Waals surface area contributed by atoms with E-state index in [-0.39, 0.29) is 0 Å². The number of hydrogen-bond donors (Lipinski definition) is 0. The number of aryl methyl sites for hydroxylation is 14. The third-order valence-electron chi connectivity index (χ3n) is 27.7. The van der Waals surface area contributed by atoms with Crippen LogP contribution in [0, 0.1) is 92.9 Å². The van der Waals surface area contributed by atoms with Crippen LogP contribution in [0.1, 0.15) is 487 Å². The van der Waals surface area contributed by atoms with Gasteiger partial charge in [-0.1, -0.05) is 373 Å². The highest BCUT2D eigenvalue weighted by Crippen LogP contribution is 2.41. The standard InChI is InChI=1S/C24H42.C22H34.2C22H38.C20H30/c1-5-7-9-11-13-15-17-23-19-22(4)24(20-21(23)3)18-16-14-12-10-8-6-2;1-17-13-22(16-20-11-7-4-8-12-20)18(2)14-21(17)15-19-9-5-3-6-10-19;1-7-11-19(9-3)15-21-13-18(6)22(14-17(21)5)16-20(10-4)12-8-2;1-5-7-9-11-13-15-21-17-20(4)22(18-19(21)3)16-14-12-10-8-6-2;1-15-13-20(18-11-7-4-8-12-18)16(2)14-19(15)17-9-5-3-6-10-17/h19-20H,5-18H2,1-4H3;13-14,19-20H,3-12,15-16H2,1-2H3;13-14,19-20H,7-12,15-16H2,1-6H3;17-18H,5-16H2,1-4H3;13-14,17-18H,3-12H2,1-2H3. The normalized spacial score (nSPS) is 15.7. The van der Waals surface area contributed by atoms with Crippen molar-refractivity contribution in [3.63, 3.8) is 0 Å². The molecule has 5 aromatic carbocycles. The Kier molecular flexibility index (Phi) is 51.0. The van der Waals surface area contributed by atoms with E-state index in [9.17, 15) is 0 Å². The molecule has 110 heavy (non-hydrogen) atoms. The minimum atomic E-state index is 0.850. The van der Waals surface area contributed by atoms with E-state index in [0.29, 0.717) is 0 Å². The van der Waals surface area contributed by atoms with Crippen molar-refractivity contribution in [1.29, 1.82) is 0 Å². The van der Waals surface area contributed by atoms with Crippen LogP contribution in [0.4, 0.5) is 0 Å². The Morgan fingerprint density at radius 1 is 0.227 bits per heavy atom. The van der Waals surface area contributed by atoms with Gasteiger partial charge in [-0.3, -0.25) is 0 Å². The van der Waals surface area contributed by atoms with Gasteiger partial charge in [0.25, 0.3) is 0 Å². The molecule has 0 nitrogen and oxygen atoms in total. The monoisotopic (exact) mass is 1500 g/mol. The van der Waals surface area contributed by atoms with Crippen LogP contribution >= 0.6 is 0 Å². The van der Waals surface area contributed by atoms with Crippen LogP contribution in [0.25, 0.3) is 0 Å². The summed E-state index contributed by atoms with van der Waals surface area (Å²) in [6.07, 6.45) is 77.7. The molecule has 0 N–H and O–H groups in total. The second-order valence-corrected chi connectivity index (χ2v) is 37.4. The number of hydrogen-bond acceptors (Lipinski definition) is 0. The fourth-order valence-electron chi connectivity index (χ4n) is 20.0. The quantitative estimate of drug-likeness (QED) is 0.0342. The van der Waals surface area contributed by atoms with Crippen LogP contribution in [0.5, 0.6) is 0 Å². The predicted molar refractivity (Wildman–Crippen MR) is 496 cm³/mol. The van der Waals surface area contributed by atoms with Gasteiger partial charge in [-0.15, -0.1) is 0 Å². The zero-order valence-corrected chi connectivity index (χ0v) is 76.8. The van der Waals surface area contributed by atoms with Gasteiger partial charge in [0.05, 0.1) is 0 Å². The highest BCUT2D eigenvalue weighted by molar-refractivity contribution is 5.43. The van der Waals surface area contributed by atoms with E-state index in [2.05, 4.69) is 185 Å². The number of rotatable bonds is 42. The van der Waals surface area contributed by atoms with Gasteiger partial charge in [-0.25, -0.2) is 0 Å². The fourth-order valence-corrected chi connectivity index (χ4v) is 20.0. The molecule has 4 saturated carbocycles. The van der Waals surface area contributed by atoms with Gasteiger partial charge in [0.15, 0.2) is 0 Å². The highest BCUT2D eigenvalue weighted by Gasteiger charge is 2.24. The molecule has 0 spiro atoms. The summed E-state index contributed by atoms with van der Waals surface area (Å²) in [6, 6.07) is 25.0. The van der Waals surface area contributed by atoms with Crippen molar-refractivity contribution in [3.05, 3.63) is 172 Å². The van der Waals surface area contributed by atoms with Crippen molar-refractivity contribution in [2.45, 2.75) is 496 Å². The van der Waals surface area contributed by atoms with Crippen LogP contribution in [-0.2, 0) is 51.4 Å². The van der Waals surface area contributed by atoms with Gasteiger partial charge >= 0.3 is 0 Å². The lowest BCUT2D eigenvalue weighted by Crippen LogP contribution is -2.12. The Hall–Kier alpha value is -3.90. The summed E-state index contributed by atoms with van der Waals surface area (Å²) < 4.78 is 0. The van der Waals surface area contributed by atoms with E-state index in [4.69, 9.17) is 0 Å². The molecule has 2 atom stereocenters. The maximum Gasteiger partial charge on any atom is -0.0159 e. The summed E-state index contributed by atoms with van der Waals surface area (Å²) >= 11 is 0. The molecule has 0 heteroatoms. The van der Waals surface area contributed by atoms with Crippen molar-refractivity contribution in [2.24, 2.45) is 23.7 Å². The van der Waals surface area contributed by atoms with Crippen molar-refractivity contribution in [3.8, 4) is 0 Å². The van der Waals surface area contributed by atoms with Crippen molar-refractivity contribution in [1.82, 2.24) is 0 Å². The summed E-state index contributed by atoms with van der Waals surface area (Å²) in [6.45, 7) is 41.7. The van der Waals surface area contributed by atoms with E-state index >= 15 is 0 Å². The maximum atomic E-state index is 2.55. The topological polar surface area (TPSA) is 0 Å². The van der Waals surface area contributed by atoms with E-state index in [0.717, 1.165) is 35.5 Å². The Morgan fingerprint density at radius 2 is 0.455 bits per heavy atom. The summed E-state index contributed by atoms with van der Waals surface area (Å²) in [5.41, 5.74) is 31.5. The van der Waals surface area contributed by atoms with Gasteiger partial charge in [0.2, 0.25) is 0 Å². The molecule has 622 valence electrons. The molecular formula is C110H182. The average molecular weight is 1500 g/mol. The zero-order valence-electron chi connectivity index (χ0n) is 76.8. The fraction of sp³-hybridized carbons (Fsp3) is 0.727. The summed E-state index contributed by atoms with van der Waals surface area (Å²) in [4.78, 5) is 0. The lowest BCUT2D eigenvalue weighted by atomic mass is 9.77. The third kappa shape index (κ3) is 37.4. The molecule has 4 fully saturated rings. The first-order valence-electron chi connectivity index (χ1n) is 48.9. The highest BCUT2D eigenvalue weighted by atomic mass is 14.3. The Bertz CT molecular complexity index is 2890. The van der Waals surface area contributed by atoms with Crippen LogP contribution in [0.2, 0.25) is 0 Å². The SMILES string of the molecule is CCCC(CC)Cc1cc(C)c(CC(CC)CCC)cc1C.CCCCCCCCc1cc(C)c(CCCCCCCC)cc1C.CCCCCCCc1cc(C)c(CCCCCCC)cc1C.Cc1cc(C2CCCCC2)c(C)cc1C1CCCCC1.Cc1cc(CC2CCCCC2)c(C)cc1CC1CCCCC1.